The molecule has 0 saturated carbocycles. The number of nitrogens with zero attached hydrogens (tertiary/aromatic N) is 3. The zero-order chi connectivity index (χ0) is 13.9. The Morgan fingerprint density at radius 1 is 1.15 bits per heavy atom. The Bertz CT molecular complexity index is 700. The van der Waals surface area contributed by atoms with Gasteiger partial charge >= 0.3 is 0 Å². The maximum absolute atomic E-state index is 4.43. The van der Waals surface area contributed by atoms with E-state index >= 15 is 0 Å². The van der Waals surface area contributed by atoms with Crippen molar-refractivity contribution in [3.05, 3.63) is 60.2 Å². The van der Waals surface area contributed by atoms with Crippen LogP contribution in [0.5, 0.6) is 0 Å². The van der Waals surface area contributed by atoms with E-state index in [0.717, 1.165) is 23.3 Å². The van der Waals surface area contributed by atoms with Crippen molar-refractivity contribution in [3.63, 3.8) is 0 Å². The Morgan fingerprint density at radius 2 is 2.00 bits per heavy atom. The first kappa shape index (κ1) is 12.8. The molecule has 0 radical (unpaired) electrons. The molecule has 0 aliphatic carbocycles. The van der Waals surface area contributed by atoms with Crippen LogP contribution in [0, 0.1) is 6.92 Å². The zero-order valence-corrected chi connectivity index (χ0v) is 11.7. The van der Waals surface area contributed by atoms with Gasteiger partial charge in [0.2, 0.25) is 0 Å². The van der Waals surface area contributed by atoms with Gasteiger partial charge in [0.1, 0.15) is 0 Å². The highest BCUT2D eigenvalue weighted by Gasteiger charge is 2.12. The summed E-state index contributed by atoms with van der Waals surface area (Å²) in [5.41, 5.74) is 4.42. The summed E-state index contributed by atoms with van der Waals surface area (Å²) in [5, 5.41) is 3.35. The molecular formula is C16H18N4. The Labute approximate surface area is 118 Å². The maximum atomic E-state index is 4.43. The lowest BCUT2D eigenvalue weighted by Gasteiger charge is -2.17. The van der Waals surface area contributed by atoms with Crippen molar-refractivity contribution in [2.24, 2.45) is 0 Å². The third-order valence-corrected chi connectivity index (χ3v) is 3.59. The van der Waals surface area contributed by atoms with Gasteiger partial charge in [-0.15, -0.1) is 0 Å². The summed E-state index contributed by atoms with van der Waals surface area (Å²) < 4.78 is 2.18. The van der Waals surface area contributed by atoms with E-state index in [1.807, 2.05) is 50.8 Å². The van der Waals surface area contributed by atoms with Crippen molar-refractivity contribution in [1.82, 2.24) is 19.9 Å². The predicted octanol–water partition coefficient (Wildman–Crippen LogP) is 2.70. The largest absolute Gasteiger partial charge is 0.329 e. The van der Waals surface area contributed by atoms with Crippen LogP contribution in [0.3, 0.4) is 0 Å². The lowest BCUT2D eigenvalue weighted by molar-refractivity contribution is 0.506. The Hall–Kier alpha value is -2.20. The maximum Gasteiger partial charge on any atom is 0.0958 e. The fraction of sp³-hybridized carbons (Fsp3) is 0.250. The van der Waals surface area contributed by atoms with Crippen molar-refractivity contribution in [2.75, 3.05) is 7.05 Å². The highest BCUT2D eigenvalue weighted by Crippen LogP contribution is 2.18. The van der Waals surface area contributed by atoms with Crippen LogP contribution in [0.25, 0.3) is 11.0 Å². The molecule has 20 heavy (non-hydrogen) atoms. The quantitative estimate of drug-likeness (QED) is 0.789. The van der Waals surface area contributed by atoms with E-state index in [4.69, 9.17) is 0 Å². The third kappa shape index (κ3) is 2.42. The molecule has 102 valence electrons. The van der Waals surface area contributed by atoms with Crippen molar-refractivity contribution in [2.45, 2.75) is 19.5 Å². The second-order valence-electron chi connectivity index (χ2n) is 4.96. The number of aromatic nitrogens is 3. The normalized spacial score (nSPS) is 12.7. The molecule has 3 aromatic rings. The standard InChI is InChI=1S/C16H18N4/c1-12-7-8-13(9-18-12)15(17-2)10-20-11-19-14-5-3-4-6-16(14)20/h3-9,11,15,17H,10H2,1-2H3. The number of hydrogen-bond donors (Lipinski definition) is 1. The van der Waals surface area contributed by atoms with E-state index in [9.17, 15) is 0 Å². The third-order valence-electron chi connectivity index (χ3n) is 3.59. The zero-order valence-electron chi connectivity index (χ0n) is 11.7. The van der Waals surface area contributed by atoms with Gasteiger partial charge in [0, 0.05) is 18.4 Å². The molecule has 0 amide bonds. The molecule has 2 heterocycles. The molecule has 4 heteroatoms. The van der Waals surface area contributed by atoms with Crippen LogP contribution in [0.4, 0.5) is 0 Å². The summed E-state index contributed by atoms with van der Waals surface area (Å²) in [6.45, 7) is 2.84. The summed E-state index contributed by atoms with van der Waals surface area (Å²) >= 11 is 0. The molecule has 0 saturated heterocycles. The molecule has 1 N–H and O–H groups in total. The first-order chi connectivity index (χ1) is 9.78. The number of pyridine rings is 1. The smallest absolute Gasteiger partial charge is 0.0958 e. The number of imidazole rings is 1. The lowest BCUT2D eigenvalue weighted by atomic mass is 10.1. The summed E-state index contributed by atoms with van der Waals surface area (Å²) in [7, 11) is 1.98. The Morgan fingerprint density at radius 3 is 2.75 bits per heavy atom. The van der Waals surface area contributed by atoms with Gasteiger partial charge < -0.3 is 9.88 Å². The summed E-state index contributed by atoms with van der Waals surface area (Å²) in [6, 6.07) is 12.6. The minimum atomic E-state index is 0.223. The molecular weight excluding hydrogens is 248 g/mol. The number of nitrogens with one attached hydrogen (secondary N) is 1. The molecule has 0 spiro atoms. The first-order valence-corrected chi connectivity index (χ1v) is 6.77. The van der Waals surface area contributed by atoms with Crippen molar-refractivity contribution >= 4 is 11.0 Å². The summed E-state index contributed by atoms with van der Waals surface area (Å²) in [6.07, 6.45) is 3.84. The average Bonchev–Trinajstić information content (AvgIpc) is 2.89. The predicted molar refractivity (Wildman–Crippen MR) is 80.5 cm³/mol. The molecule has 0 bridgehead atoms. The second-order valence-corrected chi connectivity index (χ2v) is 4.96. The van der Waals surface area contributed by atoms with Crippen molar-refractivity contribution < 1.29 is 0 Å². The van der Waals surface area contributed by atoms with Crippen LogP contribution < -0.4 is 5.32 Å². The highest BCUT2D eigenvalue weighted by atomic mass is 15.1. The lowest BCUT2D eigenvalue weighted by Crippen LogP contribution is -2.21. The van der Waals surface area contributed by atoms with Crippen LogP contribution in [0.1, 0.15) is 17.3 Å². The van der Waals surface area contributed by atoms with Gasteiger partial charge in [-0.25, -0.2) is 4.98 Å². The first-order valence-electron chi connectivity index (χ1n) is 6.77. The van der Waals surface area contributed by atoms with Crippen molar-refractivity contribution in [3.8, 4) is 0 Å². The summed E-state index contributed by atoms with van der Waals surface area (Å²) in [5.74, 6) is 0. The molecule has 0 fully saturated rings. The monoisotopic (exact) mass is 266 g/mol. The van der Waals surface area contributed by atoms with Crippen LogP contribution in [-0.4, -0.2) is 21.6 Å². The SMILES string of the molecule is CNC(Cn1cnc2ccccc21)c1ccc(C)nc1. The van der Waals surface area contributed by atoms with Crippen molar-refractivity contribution in [1.29, 1.82) is 0 Å². The molecule has 1 aromatic carbocycles. The molecule has 1 unspecified atom stereocenters. The van der Waals surface area contributed by atoms with E-state index in [-0.39, 0.29) is 6.04 Å². The number of aryl methyl sites for hydroxylation is 1. The fourth-order valence-corrected chi connectivity index (χ4v) is 2.40. The minimum absolute atomic E-state index is 0.223. The minimum Gasteiger partial charge on any atom is -0.329 e. The fourth-order valence-electron chi connectivity index (χ4n) is 2.40. The number of rotatable bonds is 4. The van der Waals surface area contributed by atoms with Crippen LogP contribution >= 0.6 is 0 Å². The summed E-state index contributed by atoms with van der Waals surface area (Å²) in [4.78, 5) is 8.81. The molecule has 4 nitrogen and oxygen atoms in total. The number of fused-ring (bicyclic) bond motifs is 1. The Balaban J connectivity index is 1.89. The van der Waals surface area contributed by atoms with Crippen LogP contribution in [-0.2, 0) is 6.54 Å². The molecule has 0 aliphatic heterocycles. The Kier molecular flexibility index (Phi) is 3.48. The number of para-hydroxylation sites is 2. The molecule has 1 atom stereocenters. The van der Waals surface area contributed by atoms with Gasteiger partial charge in [0.15, 0.2) is 0 Å². The molecule has 2 aromatic heterocycles. The van der Waals surface area contributed by atoms with Crippen LogP contribution in [0.15, 0.2) is 48.9 Å². The van der Waals surface area contributed by atoms with Crippen LogP contribution in [0.2, 0.25) is 0 Å². The van der Waals surface area contributed by atoms with Gasteiger partial charge in [-0.2, -0.15) is 0 Å². The van der Waals surface area contributed by atoms with Gasteiger partial charge in [0.25, 0.3) is 0 Å². The van der Waals surface area contributed by atoms with E-state index in [1.165, 1.54) is 5.56 Å². The van der Waals surface area contributed by atoms with E-state index in [1.54, 1.807) is 0 Å². The number of hydrogen-bond acceptors (Lipinski definition) is 3. The van der Waals surface area contributed by atoms with Gasteiger partial charge in [-0.1, -0.05) is 18.2 Å². The number of benzene rings is 1. The number of likely N-dealkylation sites (N-methyl/N-ethyl adjacent to an activating group) is 1. The van der Waals surface area contributed by atoms with E-state index in [2.05, 4.69) is 32.0 Å². The van der Waals surface area contributed by atoms with E-state index in [0.29, 0.717) is 0 Å². The van der Waals surface area contributed by atoms with E-state index < -0.39 is 0 Å². The molecule has 3 rings (SSSR count). The second kappa shape index (κ2) is 5.43. The van der Waals surface area contributed by atoms with Gasteiger partial charge in [-0.05, 0) is 37.7 Å². The topological polar surface area (TPSA) is 42.7 Å². The van der Waals surface area contributed by atoms with Gasteiger partial charge in [0.05, 0.1) is 23.4 Å². The average molecular weight is 266 g/mol. The highest BCUT2D eigenvalue weighted by molar-refractivity contribution is 5.74. The molecule has 0 aliphatic rings. The van der Waals surface area contributed by atoms with Gasteiger partial charge in [-0.3, -0.25) is 4.98 Å².